The molecule has 65 heavy (non-hydrogen) atoms. The lowest BCUT2D eigenvalue weighted by Crippen LogP contribution is -2.43. The summed E-state index contributed by atoms with van der Waals surface area (Å²) in [7, 11) is 0. The summed E-state index contributed by atoms with van der Waals surface area (Å²) in [5, 5.41) is 7.50. The number of nitrogens with zero attached hydrogens (tertiary/aromatic N) is 3. The Balaban J connectivity index is 1.25. The molecule has 344 valence electrons. The van der Waals surface area contributed by atoms with Gasteiger partial charge in [-0.25, -0.2) is 24.7 Å². The Labute approximate surface area is 382 Å². The number of imide groups is 1. The molecular formula is C51H62N6O8. The first-order valence-electron chi connectivity index (χ1n) is 21.4. The number of ketones is 2. The molecule has 0 radical (unpaired) electrons. The van der Waals surface area contributed by atoms with Crippen LogP contribution in [-0.2, 0) is 23.9 Å². The zero-order valence-electron chi connectivity index (χ0n) is 39.1. The number of allylic oxidation sites excluding steroid dienone is 20. The highest BCUT2D eigenvalue weighted by Gasteiger charge is 2.41. The Kier molecular flexibility index (Phi) is 17.9. The number of carbonyl (C=O) groups excluding carboxylic acids is 6. The molecule has 3 aliphatic rings. The van der Waals surface area contributed by atoms with Crippen LogP contribution in [0.25, 0.3) is 0 Å². The second-order valence-electron chi connectivity index (χ2n) is 17.5. The SMILES string of the molecule is CC1=C(/C=C/C(C)=C/C=C/C(C)=C/C=C/C=C(C)/C=C/C=C(C)/C=C/C2=C(C)C(=O)[C@@H](OC(=O)NC(=O)n3ccnc3)CC2(C)C)C(C)(C)C[C@H](OC(=O)CNC(=O)N2C=CNC2)C1=O. The van der Waals surface area contributed by atoms with E-state index in [0.29, 0.717) is 24.2 Å². The van der Waals surface area contributed by atoms with Gasteiger partial charge in [-0.1, -0.05) is 135 Å². The van der Waals surface area contributed by atoms with Gasteiger partial charge in [-0.2, -0.15) is 0 Å². The molecule has 0 saturated carbocycles. The highest BCUT2D eigenvalue weighted by molar-refractivity contribution is 6.03. The maximum absolute atomic E-state index is 13.2. The molecule has 3 N–H and O–H groups in total. The molecule has 0 spiro atoms. The lowest BCUT2D eigenvalue weighted by Gasteiger charge is -2.36. The first-order chi connectivity index (χ1) is 30.7. The zero-order chi connectivity index (χ0) is 47.9. The van der Waals surface area contributed by atoms with Gasteiger partial charge in [0.15, 0.2) is 23.8 Å². The number of alkyl carbamates (subject to hydrolysis) is 1. The van der Waals surface area contributed by atoms with E-state index in [2.05, 4.69) is 20.9 Å². The van der Waals surface area contributed by atoms with E-state index in [1.165, 1.54) is 23.6 Å². The number of aromatic nitrogens is 2. The van der Waals surface area contributed by atoms with Crippen molar-refractivity contribution in [1.29, 1.82) is 0 Å². The average molecular weight is 887 g/mol. The van der Waals surface area contributed by atoms with Gasteiger partial charge in [-0.3, -0.25) is 23.9 Å². The predicted molar refractivity (Wildman–Crippen MR) is 252 cm³/mol. The van der Waals surface area contributed by atoms with Crippen molar-refractivity contribution < 1.29 is 38.2 Å². The highest BCUT2D eigenvalue weighted by atomic mass is 16.6. The van der Waals surface area contributed by atoms with Crippen molar-refractivity contribution in [2.75, 3.05) is 13.2 Å². The lowest BCUT2D eigenvalue weighted by molar-refractivity contribution is -0.155. The van der Waals surface area contributed by atoms with Crippen molar-refractivity contribution in [3.05, 3.63) is 161 Å². The van der Waals surface area contributed by atoms with Gasteiger partial charge in [0.25, 0.3) is 0 Å². The average Bonchev–Trinajstić information content (AvgIpc) is 3.99. The first kappa shape index (κ1) is 50.6. The molecule has 2 aliphatic carbocycles. The smallest absolute Gasteiger partial charge is 0.416 e. The Morgan fingerprint density at radius 1 is 0.738 bits per heavy atom. The quantitative estimate of drug-likeness (QED) is 0.121. The molecule has 1 aromatic heterocycles. The number of amides is 4. The maximum atomic E-state index is 13.2. The van der Waals surface area contributed by atoms with Crippen LogP contribution in [0.1, 0.15) is 82.1 Å². The molecule has 0 bridgehead atoms. The van der Waals surface area contributed by atoms with Gasteiger partial charge in [0, 0.05) is 37.6 Å². The van der Waals surface area contributed by atoms with Crippen molar-refractivity contribution in [3.63, 3.8) is 0 Å². The molecule has 1 aliphatic heterocycles. The van der Waals surface area contributed by atoms with Crippen molar-refractivity contribution >= 4 is 35.7 Å². The van der Waals surface area contributed by atoms with Crippen molar-refractivity contribution in [2.24, 2.45) is 10.8 Å². The topological polar surface area (TPSA) is 178 Å². The molecule has 0 saturated heterocycles. The Morgan fingerprint density at radius 2 is 1.23 bits per heavy atom. The van der Waals surface area contributed by atoms with Crippen molar-refractivity contribution in [3.8, 4) is 0 Å². The normalized spacial score (nSPS) is 20.9. The van der Waals surface area contributed by atoms with Gasteiger partial charge in [0.05, 0.1) is 6.67 Å². The Hall–Kier alpha value is -7.09. The summed E-state index contributed by atoms with van der Waals surface area (Å²) in [6.45, 7) is 19.5. The monoisotopic (exact) mass is 886 g/mol. The molecule has 1 aromatic rings. The molecule has 0 unspecified atom stereocenters. The molecule has 2 heterocycles. The minimum atomic E-state index is -1.01. The van der Waals surface area contributed by atoms with E-state index in [-0.39, 0.29) is 24.5 Å². The molecule has 2 atom stereocenters. The third-order valence-corrected chi connectivity index (χ3v) is 11.0. The van der Waals surface area contributed by atoms with Gasteiger partial charge in [0.1, 0.15) is 12.9 Å². The molecule has 0 fully saturated rings. The molecule has 0 aromatic carbocycles. The fraction of sp³-hybridized carbons (Fsp3) is 0.353. The van der Waals surface area contributed by atoms with E-state index in [4.69, 9.17) is 9.47 Å². The molecule has 4 amide bonds. The van der Waals surface area contributed by atoms with Crippen LogP contribution in [0.2, 0.25) is 0 Å². The number of hydrogen-bond donors (Lipinski definition) is 3. The largest absolute Gasteiger partial charge is 0.453 e. The van der Waals surface area contributed by atoms with E-state index >= 15 is 0 Å². The van der Waals surface area contributed by atoms with Gasteiger partial charge >= 0.3 is 24.1 Å². The van der Waals surface area contributed by atoms with Crippen LogP contribution in [0.15, 0.2) is 161 Å². The predicted octanol–water partition coefficient (Wildman–Crippen LogP) is 9.10. The molecule has 4 rings (SSSR count). The maximum Gasteiger partial charge on any atom is 0.416 e. The van der Waals surface area contributed by atoms with Crippen LogP contribution in [0.3, 0.4) is 0 Å². The number of hydrogen-bond acceptors (Lipinski definition) is 10. The van der Waals surface area contributed by atoms with Crippen LogP contribution >= 0.6 is 0 Å². The van der Waals surface area contributed by atoms with E-state index < -0.39 is 47.2 Å². The summed E-state index contributed by atoms with van der Waals surface area (Å²) in [5.41, 5.74) is 5.99. The van der Waals surface area contributed by atoms with Gasteiger partial charge in [-0.05, 0) is 74.7 Å². The van der Waals surface area contributed by atoms with Crippen LogP contribution in [0.5, 0.6) is 0 Å². The van der Waals surface area contributed by atoms with E-state index in [1.54, 1.807) is 26.2 Å². The fourth-order valence-corrected chi connectivity index (χ4v) is 7.38. The number of nitrogens with one attached hydrogen (secondary N) is 3. The minimum Gasteiger partial charge on any atom is -0.453 e. The highest BCUT2D eigenvalue weighted by Crippen LogP contribution is 2.42. The molecule has 14 heteroatoms. The number of ether oxygens (including phenoxy) is 2. The third-order valence-electron chi connectivity index (χ3n) is 11.0. The fourth-order valence-electron chi connectivity index (χ4n) is 7.38. The second kappa shape index (κ2) is 23.0. The second-order valence-corrected chi connectivity index (χ2v) is 17.5. The van der Waals surface area contributed by atoms with Crippen LogP contribution in [0, 0.1) is 10.8 Å². The van der Waals surface area contributed by atoms with E-state index in [9.17, 15) is 28.8 Å². The van der Waals surface area contributed by atoms with E-state index in [1.807, 2.05) is 140 Å². The van der Waals surface area contributed by atoms with Gasteiger partial charge < -0.3 is 20.1 Å². The van der Waals surface area contributed by atoms with E-state index in [0.717, 1.165) is 38.0 Å². The van der Waals surface area contributed by atoms with Gasteiger partial charge in [0.2, 0.25) is 0 Å². The summed E-state index contributed by atoms with van der Waals surface area (Å²) in [5.74, 6) is -1.21. The minimum absolute atomic E-state index is 0.242. The Morgan fingerprint density at radius 3 is 1.71 bits per heavy atom. The zero-order valence-corrected chi connectivity index (χ0v) is 39.1. The van der Waals surface area contributed by atoms with Crippen LogP contribution in [-0.4, -0.2) is 75.6 Å². The van der Waals surface area contributed by atoms with Crippen molar-refractivity contribution in [1.82, 2.24) is 30.4 Å². The summed E-state index contributed by atoms with van der Waals surface area (Å²) < 4.78 is 12.0. The van der Waals surface area contributed by atoms with Gasteiger partial charge in [-0.15, -0.1) is 0 Å². The van der Waals surface area contributed by atoms with Crippen molar-refractivity contribution in [2.45, 2.75) is 94.3 Å². The number of esters is 1. The van der Waals surface area contributed by atoms with Crippen LogP contribution < -0.4 is 16.0 Å². The standard InChI is InChI=1S/C51H62N6O8/c1-34(17-13-19-36(3)21-23-40-38(5)45(59)42(29-50(40,7)8)64-44(58)31-54-47(61)56-27-25-52-32-56)15-11-12-16-35(2)18-14-20-37(4)22-24-41-39(6)46(60)43(30-51(41,9)10)65-49(63)55-48(62)57-28-26-53-33-57/h11-28,33,42-43,52H,29-32H2,1-10H3,(H,54,61)(H,55,62,63)/b12-11+,17-13+,18-14+,23-21+,24-22+,34-15+,35-16+,36-19+,37-20+/t42-,43-/m0/s1. The number of imidazole rings is 1. The Bertz CT molecular complexity index is 2390. The number of rotatable bonds is 14. The summed E-state index contributed by atoms with van der Waals surface area (Å²) in [4.78, 5) is 80.8. The first-order valence-corrected chi connectivity index (χ1v) is 21.4. The third kappa shape index (κ3) is 15.0. The summed E-state index contributed by atoms with van der Waals surface area (Å²) >= 11 is 0. The summed E-state index contributed by atoms with van der Waals surface area (Å²) in [6.07, 6.45) is 32.7. The number of Topliss-reactive ketones (excluding diaryl/α,β-unsaturated/α-hetero) is 2. The lowest BCUT2D eigenvalue weighted by atomic mass is 9.71. The number of urea groups is 1. The van der Waals surface area contributed by atoms with Crippen LogP contribution in [0.4, 0.5) is 14.4 Å². The summed E-state index contributed by atoms with van der Waals surface area (Å²) in [6, 6.07) is -1.16. The molecular weight excluding hydrogens is 825 g/mol. The number of carbonyl (C=O) groups is 6. The molecule has 14 nitrogen and oxygen atoms in total.